The number of hydrogen-bond donors (Lipinski definition) is 1. The number of rotatable bonds is 1. The van der Waals surface area contributed by atoms with Gasteiger partial charge in [0.25, 0.3) is 0 Å². The smallest absolute Gasteiger partial charge is 0.321 e. The van der Waals surface area contributed by atoms with Crippen LogP contribution < -0.4 is 5.32 Å². The van der Waals surface area contributed by atoms with Crippen LogP contribution in [0.4, 0.5) is 10.5 Å². The molecule has 0 unspecified atom stereocenters. The van der Waals surface area contributed by atoms with Gasteiger partial charge in [0.1, 0.15) is 5.82 Å². The van der Waals surface area contributed by atoms with Crippen LogP contribution in [0, 0.1) is 6.92 Å². The van der Waals surface area contributed by atoms with Crippen LogP contribution in [0.5, 0.6) is 0 Å². The predicted molar refractivity (Wildman–Crippen MR) is 97.5 cm³/mol. The van der Waals surface area contributed by atoms with E-state index in [1.165, 1.54) is 0 Å². The number of carbonyl (C=O) groups excluding carboxylic acids is 1. The summed E-state index contributed by atoms with van der Waals surface area (Å²) in [5.74, 6) is 1.15. The summed E-state index contributed by atoms with van der Waals surface area (Å²) in [5.41, 5.74) is 1.93. The molecule has 0 bridgehead atoms. The Morgan fingerprint density at radius 3 is 2.68 bits per heavy atom. The maximum Gasteiger partial charge on any atom is 0.321 e. The maximum absolute atomic E-state index is 12.6. The zero-order valence-electron chi connectivity index (χ0n) is 14.9. The fraction of sp³-hybridized carbons (Fsp3) is 0.474. The largest absolute Gasteiger partial charge is 0.332 e. The summed E-state index contributed by atoms with van der Waals surface area (Å²) < 4.78 is 2.27. The summed E-state index contributed by atoms with van der Waals surface area (Å²) in [5, 5.41) is 3.05. The number of fused-ring (bicyclic) bond motifs is 2. The summed E-state index contributed by atoms with van der Waals surface area (Å²) in [6.45, 7) is 5.52. The number of anilines is 1. The number of urea groups is 1. The Bertz CT molecular complexity index is 776. The molecule has 3 heterocycles. The molecule has 1 aromatic heterocycles. The highest BCUT2D eigenvalue weighted by Gasteiger charge is 2.45. The normalized spacial score (nSPS) is 19.7. The number of piperidine rings is 1. The number of aromatic nitrogens is 2. The molecule has 1 saturated heterocycles. The molecule has 2 aliphatic rings. The zero-order chi connectivity index (χ0) is 17.4. The Hall–Kier alpha value is -2.34. The third-order valence-corrected chi connectivity index (χ3v) is 5.80. The second-order valence-corrected chi connectivity index (χ2v) is 7.13. The molecule has 1 aromatic carbocycles. The highest BCUT2D eigenvalue weighted by Crippen LogP contribution is 2.39. The minimum Gasteiger partial charge on any atom is -0.332 e. The molecule has 25 heavy (non-hydrogen) atoms. The van der Waals surface area contributed by atoms with E-state index < -0.39 is 0 Å². The van der Waals surface area contributed by atoms with E-state index in [4.69, 9.17) is 0 Å². The fourth-order valence-corrected chi connectivity index (χ4v) is 4.13. The van der Waals surface area contributed by atoms with Gasteiger partial charge in [0.15, 0.2) is 0 Å². The molecule has 1 spiro atoms. The first-order chi connectivity index (χ1) is 12.1. The average Bonchev–Trinajstić information content (AvgIpc) is 3.11. The molecule has 132 valence electrons. The van der Waals surface area contributed by atoms with Gasteiger partial charge in [-0.15, -0.1) is 0 Å². The summed E-state index contributed by atoms with van der Waals surface area (Å²) in [6, 6.07) is 7.88. The third-order valence-electron chi connectivity index (χ3n) is 5.80. The number of nitrogens with one attached hydrogen (secondary N) is 1. The van der Waals surface area contributed by atoms with Crippen molar-refractivity contribution in [3.05, 3.63) is 48.0 Å². The summed E-state index contributed by atoms with van der Waals surface area (Å²) >= 11 is 0. The van der Waals surface area contributed by atoms with Crippen molar-refractivity contribution in [1.29, 1.82) is 0 Å². The lowest BCUT2D eigenvalue weighted by atomic mass is 9.83. The van der Waals surface area contributed by atoms with E-state index in [0.29, 0.717) is 0 Å². The number of carbonyl (C=O) groups is 1. The molecular weight excluding hydrogens is 314 g/mol. The van der Waals surface area contributed by atoms with E-state index in [2.05, 4.69) is 33.0 Å². The molecule has 6 nitrogen and oxygen atoms in total. The van der Waals surface area contributed by atoms with Crippen molar-refractivity contribution in [2.24, 2.45) is 0 Å². The molecule has 0 radical (unpaired) electrons. The van der Waals surface area contributed by atoms with Crippen molar-refractivity contribution in [2.75, 3.05) is 32.0 Å². The standard InChI is InChI=1S/C19H25N5O/c1-15-5-3-4-6-16(15)21-18(25)24-10-7-19(8-11-24)17-20-9-12-23(17)14-13-22(19)2/h3-6,9,12H,7-8,10-11,13-14H2,1-2H3,(H,21,25). The molecule has 2 amide bonds. The van der Waals surface area contributed by atoms with Crippen LogP contribution >= 0.6 is 0 Å². The van der Waals surface area contributed by atoms with Crippen LogP contribution in [0.3, 0.4) is 0 Å². The number of aryl methyl sites for hydroxylation is 1. The van der Waals surface area contributed by atoms with Gasteiger partial charge in [-0.2, -0.15) is 0 Å². The topological polar surface area (TPSA) is 53.4 Å². The lowest BCUT2D eigenvalue weighted by Crippen LogP contribution is -2.57. The average molecular weight is 339 g/mol. The van der Waals surface area contributed by atoms with Gasteiger partial charge in [-0.25, -0.2) is 9.78 Å². The van der Waals surface area contributed by atoms with E-state index in [1.807, 2.05) is 42.3 Å². The van der Waals surface area contributed by atoms with Crippen LogP contribution in [0.1, 0.15) is 24.2 Å². The Labute approximate surface area is 148 Å². The number of likely N-dealkylation sites (N-methyl/N-ethyl adjacent to an activating group) is 1. The molecule has 0 atom stereocenters. The molecule has 0 aliphatic carbocycles. The summed E-state index contributed by atoms with van der Waals surface area (Å²) in [4.78, 5) is 21.6. The molecule has 1 fully saturated rings. The van der Waals surface area contributed by atoms with E-state index in [0.717, 1.165) is 56.1 Å². The number of benzene rings is 1. The van der Waals surface area contributed by atoms with Crippen LogP contribution in [0.2, 0.25) is 0 Å². The molecule has 1 N–H and O–H groups in total. The minimum absolute atomic E-state index is 0.00838. The summed E-state index contributed by atoms with van der Waals surface area (Å²) in [7, 11) is 2.18. The van der Waals surface area contributed by atoms with Crippen LogP contribution in [-0.2, 0) is 12.1 Å². The van der Waals surface area contributed by atoms with E-state index in [-0.39, 0.29) is 11.6 Å². The van der Waals surface area contributed by atoms with Gasteiger partial charge in [-0.1, -0.05) is 18.2 Å². The number of likely N-dealkylation sites (tertiary alicyclic amines) is 1. The van der Waals surface area contributed by atoms with Crippen molar-refractivity contribution in [1.82, 2.24) is 19.4 Å². The first-order valence-corrected chi connectivity index (χ1v) is 8.94. The zero-order valence-corrected chi connectivity index (χ0v) is 14.9. The lowest BCUT2D eigenvalue weighted by Gasteiger charge is -2.49. The van der Waals surface area contributed by atoms with Crippen LogP contribution in [-0.4, -0.2) is 52.1 Å². The summed E-state index contributed by atoms with van der Waals surface area (Å²) in [6.07, 6.45) is 5.80. The molecule has 2 aliphatic heterocycles. The molecule has 0 saturated carbocycles. The number of imidazole rings is 1. The highest BCUT2D eigenvalue weighted by molar-refractivity contribution is 5.90. The first-order valence-electron chi connectivity index (χ1n) is 8.94. The van der Waals surface area contributed by atoms with Crippen molar-refractivity contribution in [3.63, 3.8) is 0 Å². The van der Waals surface area contributed by atoms with Gasteiger partial charge < -0.3 is 14.8 Å². The fourth-order valence-electron chi connectivity index (χ4n) is 4.13. The first kappa shape index (κ1) is 16.1. The van der Waals surface area contributed by atoms with Crippen molar-refractivity contribution in [3.8, 4) is 0 Å². The van der Waals surface area contributed by atoms with Gasteiger partial charge >= 0.3 is 6.03 Å². The number of amides is 2. The Balaban J connectivity index is 1.47. The second kappa shape index (κ2) is 6.19. The molecular formula is C19H25N5O. The van der Waals surface area contributed by atoms with Gasteiger partial charge in [-0.05, 0) is 38.4 Å². The quantitative estimate of drug-likeness (QED) is 0.869. The number of hydrogen-bond acceptors (Lipinski definition) is 3. The molecule has 2 aromatic rings. The van der Waals surface area contributed by atoms with Gasteiger partial charge in [0.05, 0.1) is 5.54 Å². The molecule has 6 heteroatoms. The van der Waals surface area contributed by atoms with Crippen molar-refractivity contribution >= 4 is 11.7 Å². The second-order valence-electron chi connectivity index (χ2n) is 7.13. The van der Waals surface area contributed by atoms with Crippen LogP contribution in [0.15, 0.2) is 36.7 Å². The monoisotopic (exact) mass is 339 g/mol. The van der Waals surface area contributed by atoms with Crippen molar-refractivity contribution < 1.29 is 4.79 Å². The van der Waals surface area contributed by atoms with Gasteiger partial charge in [0.2, 0.25) is 0 Å². The van der Waals surface area contributed by atoms with Gasteiger partial charge in [0, 0.05) is 44.3 Å². The van der Waals surface area contributed by atoms with Gasteiger partial charge in [-0.3, -0.25) is 4.90 Å². The third kappa shape index (κ3) is 2.70. The van der Waals surface area contributed by atoms with Crippen LogP contribution in [0.25, 0.3) is 0 Å². The Morgan fingerprint density at radius 2 is 1.92 bits per heavy atom. The van der Waals surface area contributed by atoms with E-state index in [9.17, 15) is 4.79 Å². The van der Waals surface area contributed by atoms with Crippen molar-refractivity contribution in [2.45, 2.75) is 31.8 Å². The number of nitrogens with zero attached hydrogens (tertiary/aromatic N) is 4. The Morgan fingerprint density at radius 1 is 1.16 bits per heavy atom. The Kier molecular flexibility index (Phi) is 4.00. The van der Waals surface area contributed by atoms with E-state index >= 15 is 0 Å². The van der Waals surface area contributed by atoms with E-state index in [1.54, 1.807) is 0 Å². The maximum atomic E-state index is 12.6. The lowest BCUT2D eigenvalue weighted by molar-refractivity contribution is 0.0197. The SMILES string of the molecule is Cc1ccccc1NC(=O)N1CCC2(CC1)c1nccn1CCN2C. The molecule has 4 rings (SSSR count). The number of para-hydroxylation sites is 1. The highest BCUT2D eigenvalue weighted by atomic mass is 16.2. The minimum atomic E-state index is -0.0405. The predicted octanol–water partition coefficient (Wildman–Crippen LogP) is 2.66.